The molecule has 0 aliphatic carbocycles. The molecule has 1 heterocycles. The fraction of sp³-hybridized carbons (Fsp3) is 0.444. The highest BCUT2D eigenvalue weighted by Gasteiger charge is 2.26. The summed E-state index contributed by atoms with van der Waals surface area (Å²) in [7, 11) is -3.68. The SMILES string of the molecule is C=CCNS(=O)(=O)c1cccc(C(=O)N2CCN(C(=O)C(C)C)CC2)c1. The maximum atomic E-state index is 12.7. The smallest absolute Gasteiger partial charge is 0.254 e. The van der Waals surface area contributed by atoms with Crippen LogP contribution in [0.5, 0.6) is 0 Å². The Morgan fingerprint density at radius 1 is 1.19 bits per heavy atom. The van der Waals surface area contributed by atoms with Gasteiger partial charge in [0.05, 0.1) is 4.90 Å². The molecule has 1 fully saturated rings. The lowest BCUT2D eigenvalue weighted by molar-refractivity contribution is -0.135. The van der Waals surface area contributed by atoms with Gasteiger partial charge < -0.3 is 9.80 Å². The molecule has 0 saturated carbocycles. The van der Waals surface area contributed by atoms with Crippen LogP contribution < -0.4 is 4.72 Å². The minimum Gasteiger partial charge on any atom is -0.339 e. The number of sulfonamides is 1. The Balaban J connectivity index is 2.08. The van der Waals surface area contributed by atoms with Gasteiger partial charge in [0.15, 0.2) is 0 Å². The van der Waals surface area contributed by atoms with Crippen LogP contribution in [0.15, 0.2) is 41.8 Å². The summed E-state index contributed by atoms with van der Waals surface area (Å²) in [5, 5.41) is 0. The number of amides is 2. The first-order valence-electron chi connectivity index (χ1n) is 8.55. The van der Waals surface area contributed by atoms with Gasteiger partial charge in [0.2, 0.25) is 15.9 Å². The van der Waals surface area contributed by atoms with Gasteiger partial charge in [0.1, 0.15) is 0 Å². The average molecular weight is 379 g/mol. The van der Waals surface area contributed by atoms with Gasteiger partial charge in [-0.15, -0.1) is 6.58 Å². The van der Waals surface area contributed by atoms with Gasteiger partial charge in [-0.2, -0.15) is 0 Å². The lowest BCUT2D eigenvalue weighted by Crippen LogP contribution is -2.51. The molecule has 1 aromatic carbocycles. The van der Waals surface area contributed by atoms with Gasteiger partial charge >= 0.3 is 0 Å². The van der Waals surface area contributed by atoms with E-state index in [1.807, 2.05) is 13.8 Å². The summed E-state index contributed by atoms with van der Waals surface area (Å²) in [5.74, 6) is -0.219. The first kappa shape index (κ1) is 20.1. The van der Waals surface area contributed by atoms with Crippen molar-refractivity contribution < 1.29 is 18.0 Å². The first-order valence-corrected chi connectivity index (χ1v) is 10.0. The fourth-order valence-electron chi connectivity index (χ4n) is 2.73. The standard InChI is InChI=1S/C18H25N3O4S/c1-4-8-19-26(24,25)16-7-5-6-15(13-16)18(23)21-11-9-20(10-12-21)17(22)14(2)3/h4-7,13-14,19H,1,8-12H2,2-3H3. The molecule has 1 aromatic rings. The highest BCUT2D eigenvalue weighted by atomic mass is 32.2. The Bertz CT molecular complexity index is 781. The van der Waals surface area contributed by atoms with E-state index in [9.17, 15) is 18.0 Å². The molecule has 0 radical (unpaired) electrons. The van der Waals surface area contributed by atoms with E-state index in [2.05, 4.69) is 11.3 Å². The number of carbonyl (C=O) groups excluding carboxylic acids is 2. The summed E-state index contributed by atoms with van der Waals surface area (Å²) in [6.45, 7) is 9.14. The molecule has 26 heavy (non-hydrogen) atoms. The Morgan fingerprint density at radius 2 is 1.81 bits per heavy atom. The zero-order valence-electron chi connectivity index (χ0n) is 15.1. The Kier molecular flexibility index (Phi) is 6.55. The van der Waals surface area contributed by atoms with E-state index >= 15 is 0 Å². The second-order valence-electron chi connectivity index (χ2n) is 6.44. The second-order valence-corrected chi connectivity index (χ2v) is 8.21. The van der Waals surface area contributed by atoms with Crippen molar-refractivity contribution in [2.75, 3.05) is 32.7 Å². The van der Waals surface area contributed by atoms with Crippen LogP contribution in [0.4, 0.5) is 0 Å². The molecule has 8 heteroatoms. The monoisotopic (exact) mass is 379 g/mol. The molecular weight excluding hydrogens is 354 g/mol. The van der Waals surface area contributed by atoms with Gasteiger partial charge in [-0.25, -0.2) is 13.1 Å². The van der Waals surface area contributed by atoms with Crippen molar-refractivity contribution in [3.8, 4) is 0 Å². The summed E-state index contributed by atoms with van der Waals surface area (Å²) in [5.41, 5.74) is 0.315. The molecule has 0 unspecified atom stereocenters. The number of hydrogen-bond donors (Lipinski definition) is 1. The summed E-state index contributed by atoms with van der Waals surface area (Å²) < 4.78 is 26.8. The van der Waals surface area contributed by atoms with Crippen LogP contribution in [0.3, 0.4) is 0 Å². The number of carbonyl (C=O) groups is 2. The van der Waals surface area contributed by atoms with Gasteiger partial charge in [0, 0.05) is 44.2 Å². The summed E-state index contributed by atoms with van der Waals surface area (Å²) in [4.78, 5) is 28.2. The summed E-state index contributed by atoms with van der Waals surface area (Å²) in [6.07, 6.45) is 1.45. The van der Waals surface area contributed by atoms with E-state index in [1.54, 1.807) is 21.9 Å². The van der Waals surface area contributed by atoms with Crippen LogP contribution in [0.2, 0.25) is 0 Å². The number of nitrogens with zero attached hydrogens (tertiary/aromatic N) is 2. The van der Waals surface area contributed by atoms with Crippen molar-refractivity contribution >= 4 is 21.8 Å². The third-order valence-electron chi connectivity index (χ3n) is 4.18. The van der Waals surface area contributed by atoms with E-state index in [1.165, 1.54) is 18.2 Å². The lowest BCUT2D eigenvalue weighted by Gasteiger charge is -2.35. The fourth-order valence-corrected chi connectivity index (χ4v) is 3.77. The molecule has 0 aromatic heterocycles. The number of benzene rings is 1. The Hall–Kier alpha value is -2.19. The van der Waals surface area contributed by atoms with Gasteiger partial charge in [0.25, 0.3) is 5.91 Å². The van der Waals surface area contributed by atoms with Crippen molar-refractivity contribution in [2.45, 2.75) is 18.7 Å². The van der Waals surface area contributed by atoms with Crippen LogP contribution in [-0.2, 0) is 14.8 Å². The molecule has 2 amide bonds. The van der Waals surface area contributed by atoms with Crippen molar-refractivity contribution in [1.29, 1.82) is 0 Å². The topological polar surface area (TPSA) is 86.8 Å². The molecule has 7 nitrogen and oxygen atoms in total. The molecule has 2 rings (SSSR count). The van der Waals surface area contributed by atoms with Crippen molar-refractivity contribution in [3.05, 3.63) is 42.5 Å². The maximum Gasteiger partial charge on any atom is 0.254 e. The maximum absolute atomic E-state index is 12.7. The normalized spacial score (nSPS) is 15.2. The van der Waals surface area contributed by atoms with Crippen LogP contribution in [-0.4, -0.2) is 62.8 Å². The van der Waals surface area contributed by atoms with E-state index in [-0.39, 0.29) is 29.2 Å². The molecule has 0 bridgehead atoms. The third kappa shape index (κ3) is 4.70. The van der Waals surface area contributed by atoms with Crippen molar-refractivity contribution in [1.82, 2.24) is 14.5 Å². The summed E-state index contributed by atoms with van der Waals surface area (Å²) >= 11 is 0. The van der Waals surface area contributed by atoms with Crippen LogP contribution in [0, 0.1) is 5.92 Å². The van der Waals surface area contributed by atoms with Crippen molar-refractivity contribution in [3.63, 3.8) is 0 Å². The molecule has 1 saturated heterocycles. The number of piperazine rings is 1. The van der Waals surface area contributed by atoms with E-state index < -0.39 is 10.0 Å². The molecule has 0 atom stereocenters. The van der Waals surface area contributed by atoms with Gasteiger partial charge in [-0.05, 0) is 18.2 Å². The van der Waals surface area contributed by atoms with E-state index in [0.717, 1.165) is 0 Å². The summed E-state index contributed by atoms with van der Waals surface area (Å²) in [6, 6.07) is 5.97. The predicted molar refractivity (Wildman–Crippen MR) is 99.1 cm³/mol. The van der Waals surface area contributed by atoms with E-state index in [4.69, 9.17) is 0 Å². The Morgan fingerprint density at radius 3 is 2.38 bits per heavy atom. The minimum absolute atomic E-state index is 0.0406. The molecular formula is C18H25N3O4S. The minimum atomic E-state index is -3.68. The number of hydrogen-bond acceptors (Lipinski definition) is 4. The highest BCUT2D eigenvalue weighted by molar-refractivity contribution is 7.89. The molecule has 1 N–H and O–H groups in total. The molecule has 1 aliphatic rings. The predicted octanol–water partition coefficient (Wildman–Crippen LogP) is 1.09. The van der Waals surface area contributed by atoms with Crippen LogP contribution >= 0.6 is 0 Å². The molecule has 1 aliphatic heterocycles. The van der Waals surface area contributed by atoms with Gasteiger partial charge in [-0.3, -0.25) is 9.59 Å². The van der Waals surface area contributed by atoms with Gasteiger partial charge in [-0.1, -0.05) is 26.0 Å². The van der Waals surface area contributed by atoms with Crippen LogP contribution in [0.1, 0.15) is 24.2 Å². The van der Waals surface area contributed by atoms with Crippen LogP contribution in [0.25, 0.3) is 0 Å². The largest absolute Gasteiger partial charge is 0.339 e. The van der Waals surface area contributed by atoms with Crippen molar-refractivity contribution in [2.24, 2.45) is 5.92 Å². The quantitative estimate of drug-likeness (QED) is 0.750. The highest BCUT2D eigenvalue weighted by Crippen LogP contribution is 2.15. The average Bonchev–Trinajstić information content (AvgIpc) is 2.65. The number of nitrogens with one attached hydrogen (secondary N) is 1. The third-order valence-corrected chi connectivity index (χ3v) is 5.60. The molecule has 142 valence electrons. The molecule has 0 spiro atoms. The number of rotatable bonds is 6. The van der Waals surface area contributed by atoms with E-state index in [0.29, 0.717) is 31.7 Å². The zero-order valence-corrected chi connectivity index (χ0v) is 16.0. The Labute approximate surface area is 154 Å². The zero-order chi connectivity index (χ0) is 19.3. The lowest BCUT2D eigenvalue weighted by atomic mass is 10.1. The first-order chi connectivity index (χ1) is 12.3. The second kappa shape index (κ2) is 8.46.